The number of hydrogen-bond acceptors (Lipinski definition) is 7. The van der Waals surface area contributed by atoms with E-state index in [9.17, 15) is 15.2 Å². The van der Waals surface area contributed by atoms with E-state index in [1.54, 1.807) is 20.3 Å². The Morgan fingerprint density at radius 1 is 0.884 bits per heavy atom. The van der Waals surface area contributed by atoms with E-state index >= 15 is 0 Å². The Hall–Kier alpha value is -4.70. The Morgan fingerprint density at radius 3 is 2.07 bits per heavy atom. The number of fused-ring (bicyclic) bond motifs is 1. The van der Waals surface area contributed by atoms with Crippen LogP contribution in [-0.2, 0) is 15.1 Å². The van der Waals surface area contributed by atoms with Crippen molar-refractivity contribution >= 4 is 16.6 Å². The number of benzene rings is 4. The van der Waals surface area contributed by atoms with Crippen molar-refractivity contribution in [1.29, 1.82) is 0 Å². The Bertz CT molecular complexity index is 1650. The molecule has 3 atom stereocenters. The van der Waals surface area contributed by atoms with Gasteiger partial charge in [0.25, 0.3) is 5.69 Å². The zero-order valence-corrected chi connectivity index (χ0v) is 23.8. The van der Waals surface area contributed by atoms with Crippen LogP contribution in [0.4, 0.5) is 5.69 Å². The lowest BCUT2D eigenvalue weighted by atomic mass is 9.80. The van der Waals surface area contributed by atoms with Gasteiger partial charge in [0, 0.05) is 30.1 Å². The number of ether oxygens (including phenoxy) is 4. The van der Waals surface area contributed by atoms with Gasteiger partial charge in [0.05, 0.1) is 37.4 Å². The number of hydrogen-bond donors (Lipinski definition) is 1. The van der Waals surface area contributed by atoms with Gasteiger partial charge in [-0.05, 0) is 53.1 Å². The number of aliphatic hydroxyl groups excluding tert-OH is 1. The highest BCUT2D eigenvalue weighted by Gasteiger charge is 2.42. The summed E-state index contributed by atoms with van der Waals surface area (Å²) in [5.74, 6) is 1.45. The lowest BCUT2D eigenvalue weighted by Gasteiger charge is -2.37. The predicted octanol–water partition coefficient (Wildman–Crippen LogP) is 6.22. The normalized spacial score (nSPS) is 18.5. The number of aromatic nitrogens is 1. The average Bonchev–Trinajstić information content (AvgIpc) is 3.64. The molecule has 1 N–H and O–H groups in total. The Balaban J connectivity index is 1.34. The largest absolute Gasteiger partial charge is 0.497 e. The summed E-state index contributed by atoms with van der Waals surface area (Å²) in [5.41, 5.74) is 2.45. The summed E-state index contributed by atoms with van der Waals surface area (Å²) >= 11 is 0. The van der Waals surface area contributed by atoms with Crippen molar-refractivity contribution in [3.63, 3.8) is 0 Å². The fourth-order valence-electron chi connectivity index (χ4n) is 5.83. The highest BCUT2D eigenvalue weighted by molar-refractivity contribution is 5.82. The minimum Gasteiger partial charge on any atom is -0.497 e. The molecule has 1 aromatic heterocycles. The van der Waals surface area contributed by atoms with E-state index in [4.69, 9.17) is 18.9 Å². The van der Waals surface area contributed by atoms with Crippen molar-refractivity contribution in [1.82, 2.24) is 4.57 Å². The quantitative estimate of drug-likeness (QED) is 0.119. The van der Waals surface area contributed by atoms with Crippen LogP contribution in [0.3, 0.4) is 0 Å². The van der Waals surface area contributed by atoms with Crippen LogP contribution in [0.15, 0.2) is 109 Å². The number of non-ortho nitro benzene ring substituents is 1. The first-order chi connectivity index (χ1) is 20.9. The van der Waals surface area contributed by atoms with Crippen molar-refractivity contribution < 1.29 is 29.0 Å². The monoisotopic (exact) mass is 580 g/mol. The molecule has 1 saturated heterocycles. The summed E-state index contributed by atoms with van der Waals surface area (Å²) in [6, 6.07) is 32.0. The van der Waals surface area contributed by atoms with E-state index in [0.29, 0.717) is 6.42 Å². The zero-order chi connectivity index (χ0) is 30.0. The molecular weight excluding hydrogens is 548 g/mol. The molecule has 1 fully saturated rings. The topological polar surface area (TPSA) is 105 Å². The van der Waals surface area contributed by atoms with Gasteiger partial charge in [-0.3, -0.25) is 10.1 Å². The SMILES string of the molecule is COc1ccc(C(OC[C@H]2O[C@@H](n3ccc4cc([N+](=O)[O-])ccc43)C[C@@H]2O)(c2ccccc2)c2ccc(OC)cc2)cc1. The molecule has 0 aliphatic carbocycles. The van der Waals surface area contributed by atoms with Gasteiger partial charge >= 0.3 is 0 Å². The van der Waals surface area contributed by atoms with E-state index in [1.807, 2.05) is 95.7 Å². The molecule has 0 saturated carbocycles. The van der Waals surface area contributed by atoms with E-state index in [1.165, 1.54) is 12.1 Å². The molecule has 9 nitrogen and oxygen atoms in total. The first kappa shape index (κ1) is 28.4. The van der Waals surface area contributed by atoms with Crippen LogP contribution in [-0.4, -0.2) is 47.6 Å². The fourth-order valence-corrected chi connectivity index (χ4v) is 5.83. The summed E-state index contributed by atoms with van der Waals surface area (Å²) in [5, 5.41) is 23.1. The van der Waals surface area contributed by atoms with Crippen molar-refractivity contribution in [2.75, 3.05) is 20.8 Å². The van der Waals surface area contributed by atoms with Crippen LogP contribution in [0, 0.1) is 10.1 Å². The van der Waals surface area contributed by atoms with Crippen molar-refractivity contribution in [2.45, 2.75) is 30.5 Å². The lowest BCUT2D eigenvalue weighted by molar-refractivity contribution is -0.384. The minimum atomic E-state index is -1.04. The van der Waals surface area contributed by atoms with E-state index in [-0.39, 0.29) is 12.3 Å². The van der Waals surface area contributed by atoms with Gasteiger partial charge in [-0.15, -0.1) is 0 Å². The zero-order valence-electron chi connectivity index (χ0n) is 23.8. The first-order valence-corrected chi connectivity index (χ1v) is 14.0. The van der Waals surface area contributed by atoms with Gasteiger partial charge in [0.1, 0.15) is 29.4 Å². The van der Waals surface area contributed by atoms with Crippen LogP contribution in [0.1, 0.15) is 29.3 Å². The Morgan fingerprint density at radius 2 is 1.49 bits per heavy atom. The van der Waals surface area contributed by atoms with Crippen LogP contribution in [0.2, 0.25) is 0 Å². The molecule has 5 aromatic rings. The Kier molecular flexibility index (Phi) is 7.86. The van der Waals surface area contributed by atoms with Crippen molar-refractivity contribution in [3.8, 4) is 11.5 Å². The molecule has 1 aliphatic rings. The summed E-state index contributed by atoms with van der Waals surface area (Å²) in [6.07, 6.45) is 0.298. The molecule has 43 heavy (non-hydrogen) atoms. The summed E-state index contributed by atoms with van der Waals surface area (Å²) in [7, 11) is 3.26. The molecule has 4 aromatic carbocycles. The van der Waals surface area contributed by atoms with E-state index < -0.39 is 29.0 Å². The van der Waals surface area contributed by atoms with Gasteiger partial charge in [-0.2, -0.15) is 0 Å². The van der Waals surface area contributed by atoms with E-state index in [0.717, 1.165) is 39.1 Å². The summed E-state index contributed by atoms with van der Waals surface area (Å²) < 4.78 is 26.1. The van der Waals surface area contributed by atoms with Gasteiger partial charge in [0.15, 0.2) is 0 Å². The van der Waals surface area contributed by atoms with E-state index in [2.05, 4.69) is 0 Å². The highest BCUT2D eigenvalue weighted by Crippen LogP contribution is 2.43. The molecule has 9 heteroatoms. The number of rotatable bonds is 10. The third-order valence-corrected chi connectivity index (χ3v) is 8.07. The lowest BCUT2D eigenvalue weighted by Crippen LogP contribution is -2.38. The van der Waals surface area contributed by atoms with Crippen LogP contribution < -0.4 is 9.47 Å². The molecule has 0 spiro atoms. The Labute approximate surface area is 249 Å². The maximum Gasteiger partial charge on any atom is 0.270 e. The number of nitro groups is 1. The molecule has 1 aliphatic heterocycles. The summed E-state index contributed by atoms with van der Waals surface area (Å²) in [4.78, 5) is 10.8. The maximum atomic E-state index is 11.2. The molecule has 0 amide bonds. The first-order valence-electron chi connectivity index (χ1n) is 14.0. The molecule has 0 bridgehead atoms. The van der Waals surface area contributed by atoms with Crippen molar-refractivity contribution in [3.05, 3.63) is 136 Å². The number of aliphatic hydroxyl groups is 1. The highest BCUT2D eigenvalue weighted by atomic mass is 16.6. The molecule has 6 rings (SSSR count). The number of nitrogens with zero attached hydrogens (tertiary/aromatic N) is 2. The maximum absolute atomic E-state index is 11.2. The molecule has 220 valence electrons. The van der Waals surface area contributed by atoms with Gasteiger partial charge in [-0.25, -0.2) is 0 Å². The fraction of sp³-hybridized carbons (Fsp3) is 0.235. The van der Waals surface area contributed by atoms with Crippen LogP contribution >= 0.6 is 0 Å². The third kappa shape index (κ3) is 5.34. The molecule has 0 unspecified atom stereocenters. The molecular formula is C34H32N2O7. The van der Waals surface area contributed by atoms with Gasteiger partial charge in [0.2, 0.25) is 0 Å². The van der Waals surface area contributed by atoms with Gasteiger partial charge in [-0.1, -0.05) is 54.6 Å². The second-order valence-corrected chi connectivity index (χ2v) is 10.5. The minimum absolute atomic E-state index is 0.0261. The van der Waals surface area contributed by atoms with Gasteiger partial charge < -0.3 is 28.6 Å². The second kappa shape index (κ2) is 11.9. The second-order valence-electron chi connectivity index (χ2n) is 10.5. The van der Waals surface area contributed by atoms with Crippen LogP contribution in [0.5, 0.6) is 11.5 Å². The number of nitro benzene ring substituents is 1. The van der Waals surface area contributed by atoms with Crippen LogP contribution in [0.25, 0.3) is 10.9 Å². The van der Waals surface area contributed by atoms with Crippen molar-refractivity contribution in [2.24, 2.45) is 0 Å². The summed E-state index contributed by atoms with van der Waals surface area (Å²) in [6.45, 7) is 0.0926. The third-order valence-electron chi connectivity index (χ3n) is 8.07. The molecule has 2 heterocycles. The predicted molar refractivity (Wildman–Crippen MR) is 161 cm³/mol. The molecule has 0 radical (unpaired) electrons. The smallest absolute Gasteiger partial charge is 0.270 e. The average molecular weight is 581 g/mol. The number of methoxy groups -OCH3 is 2. The standard InChI is InChI=1S/C34H32N2O7/c1-40-28-13-8-25(9-14-28)34(24-6-4-3-5-7-24,26-10-15-29(41-2)16-11-26)42-22-32-31(37)21-33(43-32)35-19-18-23-20-27(36(38)39)12-17-30(23)35/h3-20,31-33,37H,21-22H2,1-2H3/t31-,32+,33+/m0/s1.